The van der Waals surface area contributed by atoms with Crippen molar-refractivity contribution in [2.45, 2.75) is 13.0 Å². The van der Waals surface area contributed by atoms with Gasteiger partial charge in [-0.1, -0.05) is 24.8 Å². The number of carbonyl (C=O) groups is 1. The molecule has 1 aromatic carbocycles. The van der Waals surface area contributed by atoms with Crippen LogP contribution in [0.4, 0.5) is 0 Å². The van der Waals surface area contributed by atoms with Crippen LogP contribution >= 0.6 is 0 Å². The van der Waals surface area contributed by atoms with Crippen LogP contribution < -0.4 is 10.5 Å². The van der Waals surface area contributed by atoms with Gasteiger partial charge in [0, 0.05) is 17.7 Å². The summed E-state index contributed by atoms with van der Waals surface area (Å²) in [6, 6.07) is 7.02. The van der Waals surface area contributed by atoms with Crippen LogP contribution in [0.1, 0.15) is 18.5 Å². The van der Waals surface area contributed by atoms with Crippen LogP contribution in [0.5, 0.6) is 5.75 Å². The molecule has 1 rings (SSSR count). The molecule has 1 unspecified atom stereocenters. The molecule has 0 aliphatic rings. The van der Waals surface area contributed by atoms with Crippen molar-refractivity contribution in [3.8, 4) is 5.75 Å². The molecule has 0 fully saturated rings. The largest absolute Gasteiger partial charge is 0.423 e. The van der Waals surface area contributed by atoms with Gasteiger partial charge in [0.05, 0.1) is 0 Å². The summed E-state index contributed by atoms with van der Waals surface area (Å²) in [6.07, 6.45) is 1.12. The fraction of sp³-hybridized carbons (Fsp3) is 0.182. The summed E-state index contributed by atoms with van der Waals surface area (Å²) >= 11 is 0. The molecular formula is C11H13NO2. The van der Waals surface area contributed by atoms with Crippen molar-refractivity contribution in [3.63, 3.8) is 0 Å². The van der Waals surface area contributed by atoms with E-state index in [4.69, 9.17) is 10.5 Å². The van der Waals surface area contributed by atoms with Gasteiger partial charge in [0.25, 0.3) is 0 Å². The highest BCUT2D eigenvalue weighted by Gasteiger charge is 2.08. The first-order valence-corrected chi connectivity index (χ1v) is 4.34. The second kappa shape index (κ2) is 4.58. The van der Waals surface area contributed by atoms with Gasteiger partial charge < -0.3 is 10.5 Å². The van der Waals surface area contributed by atoms with E-state index in [1.54, 1.807) is 12.1 Å². The van der Waals surface area contributed by atoms with E-state index < -0.39 is 5.97 Å². The highest BCUT2D eigenvalue weighted by atomic mass is 16.5. The van der Waals surface area contributed by atoms with Crippen molar-refractivity contribution < 1.29 is 9.53 Å². The van der Waals surface area contributed by atoms with Gasteiger partial charge in [-0.2, -0.15) is 0 Å². The molecule has 0 aliphatic carbocycles. The van der Waals surface area contributed by atoms with E-state index in [9.17, 15) is 4.79 Å². The molecule has 0 saturated carbocycles. The quantitative estimate of drug-likeness (QED) is 0.450. The summed E-state index contributed by atoms with van der Waals surface area (Å²) in [6.45, 7) is 5.16. The molecule has 1 aromatic rings. The molecule has 74 valence electrons. The highest BCUT2D eigenvalue weighted by molar-refractivity contribution is 5.83. The minimum atomic E-state index is -0.474. The molecule has 0 bridgehead atoms. The number of para-hydroxylation sites is 1. The van der Waals surface area contributed by atoms with E-state index in [0.717, 1.165) is 11.6 Å². The van der Waals surface area contributed by atoms with Crippen LogP contribution in [-0.4, -0.2) is 5.97 Å². The van der Waals surface area contributed by atoms with Crippen LogP contribution in [0.25, 0.3) is 0 Å². The number of carbonyl (C=O) groups excluding carboxylic acids is 1. The van der Waals surface area contributed by atoms with Crippen LogP contribution in [0.3, 0.4) is 0 Å². The Kier molecular flexibility index (Phi) is 3.42. The second-order valence-corrected chi connectivity index (χ2v) is 2.95. The highest BCUT2D eigenvalue weighted by Crippen LogP contribution is 2.23. The normalized spacial score (nSPS) is 11.9. The molecule has 0 aromatic heterocycles. The minimum absolute atomic E-state index is 0.163. The molecule has 1 atom stereocenters. The van der Waals surface area contributed by atoms with E-state index in [1.807, 2.05) is 19.1 Å². The number of hydrogen-bond donors (Lipinski definition) is 1. The van der Waals surface area contributed by atoms with Crippen molar-refractivity contribution in [1.29, 1.82) is 0 Å². The Balaban J connectivity index is 2.95. The molecule has 0 spiro atoms. The smallest absolute Gasteiger partial charge is 0.335 e. The number of hydrogen-bond acceptors (Lipinski definition) is 3. The Morgan fingerprint density at radius 1 is 1.57 bits per heavy atom. The Morgan fingerprint density at radius 2 is 2.21 bits per heavy atom. The van der Waals surface area contributed by atoms with Crippen molar-refractivity contribution in [3.05, 3.63) is 42.5 Å². The van der Waals surface area contributed by atoms with Gasteiger partial charge in [0.2, 0.25) is 0 Å². The monoisotopic (exact) mass is 191 g/mol. The van der Waals surface area contributed by atoms with Gasteiger partial charge in [-0.05, 0) is 13.0 Å². The molecular weight excluding hydrogens is 178 g/mol. The Hall–Kier alpha value is -1.61. The predicted octanol–water partition coefficient (Wildman–Crippen LogP) is 1.80. The van der Waals surface area contributed by atoms with Crippen LogP contribution in [0, 0.1) is 0 Å². The van der Waals surface area contributed by atoms with Gasteiger partial charge in [0.1, 0.15) is 5.75 Å². The van der Waals surface area contributed by atoms with E-state index in [0.29, 0.717) is 5.75 Å². The summed E-state index contributed by atoms with van der Waals surface area (Å²) in [5, 5.41) is 0. The number of benzene rings is 1. The number of nitrogens with two attached hydrogens (primary N) is 1. The summed E-state index contributed by atoms with van der Waals surface area (Å²) in [5.41, 5.74) is 6.52. The molecule has 0 heterocycles. The summed E-state index contributed by atoms with van der Waals surface area (Å²) in [4.78, 5) is 11.0. The van der Waals surface area contributed by atoms with Gasteiger partial charge >= 0.3 is 5.97 Å². The minimum Gasteiger partial charge on any atom is -0.423 e. The average molecular weight is 191 g/mol. The number of esters is 1. The first-order valence-electron chi connectivity index (χ1n) is 4.34. The lowest BCUT2D eigenvalue weighted by Gasteiger charge is -2.10. The van der Waals surface area contributed by atoms with Gasteiger partial charge in [-0.25, -0.2) is 4.79 Å². The van der Waals surface area contributed by atoms with Crippen molar-refractivity contribution in [2.24, 2.45) is 5.73 Å². The maximum absolute atomic E-state index is 11.0. The zero-order chi connectivity index (χ0) is 10.6. The van der Waals surface area contributed by atoms with Crippen molar-refractivity contribution >= 4 is 5.97 Å². The molecule has 14 heavy (non-hydrogen) atoms. The fourth-order valence-electron chi connectivity index (χ4n) is 1.10. The van der Waals surface area contributed by atoms with Gasteiger partial charge in [-0.3, -0.25) is 0 Å². The summed E-state index contributed by atoms with van der Waals surface area (Å²) < 4.78 is 5.02. The molecule has 3 nitrogen and oxygen atoms in total. The lowest BCUT2D eigenvalue weighted by molar-refractivity contribution is -0.129. The van der Waals surface area contributed by atoms with Crippen LogP contribution in [-0.2, 0) is 4.79 Å². The van der Waals surface area contributed by atoms with Crippen molar-refractivity contribution in [2.75, 3.05) is 0 Å². The lowest BCUT2D eigenvalue weighted by Crippen LogP contribution is -2.10. The van der Waals surface area contributed by atoms with E-state index in [2.05, 4.69) is 6.58 Å². The third-order valence-corrected chi connectivity index (χ3v) is 1.79. The molecule has 0 amide bonds. The zero-order valence-corrected chi connectivity index (χ0v) is 8.07. The van der Waals surface area contributed by atoms with E-state index >= 15 is 0 Å². The second-order valence-electron chi connectivity index (χ2n) is 2.95. The molecule has 3 heteroatoms. The zero-order valence-electron chi connectivity index (χ0n) is 8.07. The van der Waals surface area contributed by atoms with E-state index in [1.165, 1.54) is 0 Å². The first kappa shape index (κ1) is 10.5. The molecule has 2 N–H and O–H groups in total. The average Bonchev–Trinajstić information content (AvgIpc) is 2.18. The molecule has 0 radical (unpaired) electrons. The maximum atomic E-state index is 11.0. The van der Waals surface area contributed by atoms with Crippen LogP contribution in [0.2, 0.25) is 0 Å². The van der Waals surface area contributed by atoms with Crippen molar-refractivity contribution in [1.82, 2.24) is 0 Å². The lowest BCUT2D eigenvalue weighted by atomic mass is 10.1. The van der Waals surface area contributed by atoms with Gasteiger partial charge in [-0.15, -0.1) is 0 Å². The first-order chi connectivity index (χ1) is 6.65. The topological polar surface area (TPSA) is 52.3 Å². The van der Waals surface area contributed by atoms with Gasteiger partial charge in [0.15, 0.2) is 0 Å². The predicted molar refractivity (Wildman–Crippen MR) is 54.9 cm³/mol. The molecule has 0 aliphatic heterocycles. The summed E-state index contributed by atoms with van der Waals surface area (Å²) in [7, 11) is 0. The Labute approximate surface area is 83.2 Å². The SMILES string of the molecule is C=CC(=O)Oc1ccccc1C(C)N. The van der Waals surface area contributed by atoms with Crippen LogP contribution in [0.15, 0.2) is 36.9 Å². The number of rotatable bonds is 3. The maximum Gasteiger partial charge on any atom is 0.335 e. The molecule has 0 saturated heterocycles. The standard InChI is InChI=1S/C11H13NO2/c1-3-11(13)14-10-7-5-4-6-9(10)8(2)12/h3-8H,1,12H2,2H3. The third-order valence-electron chi connectivity index (χ3n) is 1.79. The Morgan fingerprint density at radius 3 is 2.79 bits per heavy atom. The number of ether oxygens (including phenoxy) is 1. The van der Waals surface area contributed by atoms with E-state index in [-0.39, 0.29) is 6.04 Å². The Bertz CT molecular complexity index is 345. The summed E-state index contributed by atoms with van der Waals surface area (Å²) in [5.74, 6) is 0.0190. The fourth-order valence-corrected chi connectivity index (χ4v) is 1.10. The third kappa shape index (κ3) is 2.44.